The van der Waals surface area contributed by atoms with Crippen molar-refractivity contribution < 1.29 is 29.4 Å². The molecule has 8 N–H and O–H groups in total. The van der Waals surface area contributed by atoms with Gasteiger partial charge in [0.1, 0.15) is 12.1 Å². The molecule has 2 atom stereocenters. The minimum absolute atomic E-state index is 0.284. The number of nitrogens with one attached hydrogen (secondary N) is 2. The zero-order chi connectivity index (χ0) is 17.8. The van der Waals surface area contributed by atoms with Gasteiger partial charge in [-0.3, -0.25) is 9.59 Å². The van der Waals surface area contributed by atoms with Crippen LogP contribution in [0.1, 0.15) is 25.7 Å². The van der Waals surface area contributed by atoms with Gasteiger partial charge in [-0.05, 0) is 25.8 Å². The van der Waals surface area contributed by atoms with Gasteiger partial charge in [0.05, 0.1) is 6.42 Å². The summed E-state index contributed by atoms with van der Waals surface area (Å²) in [6.45, 7) is 0.438. The van der Waals surface area contributed by atoms with Crippen molar-refractivity contribution in [1.82, 2.24) is 10.6 Å². The summed E-state index contributed by atoms with van der Waals surface area (Å²) in [5.41, 5.74) is 10.5. The molecule has 0 saturated heterocycles. The molecule has 130 valence electrons. The van der Waals surface area contributed by atoms with E-state index in [0.717, 1.165) is 12.2 Å². The zero-order valence-electron chi connectivity index (χ0n) is 12.5. The molecule has 0 radical (unpaired) electrons. The third kappa shape index (κ3) is 9.85. The van der Waals surface area contributed by atoms with Crippen molar-refractivity contribution in [3.8, 4) is 0 Å². The average Bonchev–Trinajstić information content (AvgIpc) is 2.44. The summed E-state index contributed by atoms with van der Waals surface area (Å²) in [5, 5.41) is 21.8. The Morgan fingerprint density at radius 3 is 2.22 bits per heavy atom. The second-order valence-corrected chi connectivity index (χ2v) is 4.70. The van der Waals surface area contributed by atoms with Crippen LogP contribution in [-0.2, 0) is 14.4 Å². The second kappa shape index (κ2) is 11.0. The number of rotatable bonds is 11. The molecule has 0 fully saturated rings. The topological polar surface area (TPSA) is 185 Å². The molecule has 0 aromatic rings. The zero-order valence-corrected chi connectivity index (χ0v) is 12.5. The van der Waals surface area contributed by atoms with Crippen LogP contribution in [0.15, 0.2) is 12.2 Å². The summed E-state index contributed by atoms with van der Waals surface area (Å²) in [7, 11) is 0. The number of hydrogen-bond acceptors (Lipinski definition) is 5. The quantitative estimate of drug-likeness (QED) is 0.202. The van der Waals surface area contributed by atoms with Crippen LogP contribution in [0.5, 0.6) is 0 Å². The SMILES string of the molecule is NCCCCC(NC(=O)N[C@@H](C=CCC(=O)O)C(=O)O)C(N)=O. The summed E-state index contributed by atoms with van der Waals surface area (Å²) < 4.78 is 0. The molecule has 10 nitrogen and oxygen atoms in total. The molecule has 0 heterocycles. The number of hydrogen-bond donors (Lipinski definition) is 6. The molecule has 1 unspecified atom stereocenters. The van der Waals surface area contributed by atoms with Gasteiger partial charge in [-0.15, -0.1) is 0 Å². The largest absolute Gasteiger partial charge is 0.481 e. The highest BCUT2D eigenvalue weighted by Gasteiger charge is 2.21. The van der Waals surface area contributed by atoms with E-state index in [4.69, 9.17) is 21.7 Å². The van der Waals surface area contributed by atoms with E-state index in [0.29, 0.717) is 19.4 Å². The van der Waals surface area contributed by atoms with Crippen molar-refractivity contribution in [2.75, 3.05) is 6.54 Å². The molecule has 0 aliphatic heterocycles. The fourth-order valence-corrected chi connectivity index (χ4v) is 1.62. The van der Waals surface area contributed by atoms with Crippen molar-refractivity contribution in [2.24, 2.45) is 11.5 Å². The Bertz CT molecular complexity index is 465. The van der Waals surface area contributed by atoms with Crippen LogP contribution < -0.4 is 22.1 Å². The van der Waals surface area contributed by atoms with Crippen LogP contribution >= 0.6 is 0 Å². The first-order valence-electron chi connectivity index (χ1n) is 6.95. The van der Waals surface area contributed by atoms with Crippen molar-refractivity contribution in [2.45, 2.75) is 37.8 Å². The molecule has 0 aliphatic rings. The summed E-state index contributed by atoms with van der Waals surface area (Å²) in [5.74, 6) is -3.26. The monoisotopic (exact) mass is 330 g/mol. The number of carbonyl (C=O) groups excluding carboxylic acids is 2. The first-order chi connectivity index (χ1) is 10.8. The molecule has 0 aliphatic carbocycles. The summed E-state index contributed by atoms with van der Waals surface area (Å²) >= 11 is 0. The van der Waals surface area contributed by atoms with Gasteiger partial charge in [0.25, 0.3) is 0 Å². The number of unbranched alkanes of at least 4 members (excludes halogenated alkanes) is 1. The summed E-state index contributed by atoms with van der Waals surface area (Å²) in [4.78, 5) is 44.3. The number of aliphatic carboxylic acids is 2. The standard InChI is InChI=1S/C13H22N4O6/c14-7-2-1-4-8(11(15)20)16-13(23)17-9(12(21)22)5-3-6-10(18)19/h3,5,8-9H,1-2,4,6-7,14H2,(H2,15,20)(H,18,19)(H,21,22)(H2,16,17,23)/t8?,9-/m0/s1. The number of carboxylic acids is 2. The summed E-state index contributed by atoms with van der Waals surface area (Å²) in [6, 6.07) is -3.26. The Hall–Kier alpha value is -2.62. The third-order valence-electron chi connectivity index (χ3n) is 2.77. The van der Waals surface area contributed by atoms with Crippen molar-refractivity contribution in [3.05, 3.63) is 12.2 Å². The molecule has 23 heavy (non-hydrogen) atoms. The lowest BCUT2D eigenvalue weighted by atomic mass is 10.1. The van der Waals surface area contributed by atoms with E-state index in [1.807, 2.05) is 0 Å². The van der Waals surface area contributed by atoms with Crippen molar-refractivity contribution in [1.29, 1.82) is 0 Å². The predicted molar refractivity (Wildman–Crippen MR) is 80.4 cm³/mol. The van der Waals surface area contributed by atoms with E-state index in [1.165, 1.54) is 0 Å². The van der Waals surface area contributed by atoms with E-state index in [1.54, 1.807) is 0 Å². The lowest BCUT2D eigenvalue weighted by Crippen LogP contribution is -2.52. The molecule has 0 bridgehead atoms. The van der Waals surface area contributed by atoms with Gasteiger partial charge in [-0.2, -0.15) is 0 Å². The fraction of sp³-hybridized carbons (Fsp3) is 0.538. The van der Waals surface area contributed by atoms with Crippen molar-refractivity contribution >= 4 is 23.9 Å². The maximum absolute atomic E-state index is 11.7. The van der Waals surface area contributed by atoms with Gasteiger partial charge in [0.2, 0.25) is 5.91 Å². The van der Waals surface area contributed by atoms with Crippen LogP contribution in [0.3, 0.4) is 0 Å². The number of urea groups is 1. The van der Waals surface area contributed by atoms with E-state index < -0.39 is 36.0 Å². The second-order valence-electron chi connectivity index (χ2n) is 4.70. The Labute approximate surface area is 132 Å². The number of primary amides is 1. The lowest BCUT2D eigenvalue weighted by molar-refractivity contribution is -0.138. The maximum atomic E-state index is 11.7. The molecule has 0 spiro atoms. The molecule has 0 saturated carbocycles. The van der Waals surface area contributed by atoms with Gasteiger partial charge in [-0.1, -0.05) is 12.2 Å². The first-order valence-corrected chi connectivity index (χ1v) is 6.95. The Morgan fingerprint density at radius 1 is 1.09 bits per heavy atom. The summed E-state index contributed by atoms with van der Waals surface area (Å²) in [6.07, 6.45) is 3.27. The smallest absolute Gasteiger partial charge is 0.330 e. The minimum Gasteiger partial charge on any atom is -0.481 e. The van der Waals surface area contributed by atoms with E-state index >= 15 is 0 Å². The number of carboxylic acid groups (broad SMARTS) is 2. The van der Waals surface area contributed by atoms with Gasteiger partial charge in [0, 0.05) is 0 Å². The van der Waals surface area contributed by atoms with Gasteiger partial charge >= 0.3 is 18.0 Å². The van der Waals surface area contributed by atoms with Gasteiger partial charge < -0.3 is 32.3 Å². The molecule has 0 aromatic heterocycles. The fourth-order valence-electron chi connectivity index (χ4n) is 1.62. The molecule has 0 aromatic carbocycles. The maximum Gasteiger partial charge on any atom is 0.330 e. The minimum atomic E-state index is -1.42. The average molecular weight is 330 g/mol. The van der Waals surface area contributed by atoms with Crippen LogP contribution in [0.2, 0.25) is 0 Å². The van der Waals surface area contributed by atoms with E-state index in [2.05, 4.69) is 10.6 Å². The highest BCUT2D eigenvalue weighted by molar-refractivity contribution is 5.88. The molecular formula is C13H22N4O6. The first kappa shape index (κ1) is 20.4. The highest BCUT2D eigenvalue weighted by Crippen LogP contribution is 2.00. The van der Waals surface area contributed by atoms with Crippen LogP contribution in [0, 0.1) is 0 Å². The normalized spacial score (nSPS) is 13.3. The van der Waals surface area contributed by atoms with Crippen molar-refractivity contribution in [3.63, 3.8) is 0 Å². The van der Waals surface area contributed by atoms with E-state index in [9.17, 15) is 19.2 Å². The highest BCUT2D eigenvalue weighted by atomic mass is 16.4. The molecule has 10 heteroatoms. The third-order valence-corrected chi connectivity index (χ3v) is 2.77. The molecule has 0 rings (SSSR count). The Kier molecular flexibility index (Phi) is 9.76. The molecular weight excluding hydrogens is 308 g/mol. The van der Waals surface area contributed by atoms with Crippen LogP contribution in [0.25, 0.3) is 0 Å². The number of nitrogens with two attached hydrogens (primary N) is 2. The Balaban J connectivity index is 4.59. The van der Waals surface area contributed by atoms with Crippen LogP contribution in [-0.4, -0.2) is 52.7 Å². The van der Waals surface area contributed by atoms with Gasteiger partial charge in [-0.25, -0.2) is 9.59 Å². The number of amides is 3. The van der Waals surface area contributed by atoms with E-state index in [-0.39, 0.29) is 12.8 Å². The van der Waals surface area contributed by atoms with Gasteiger partial charge in [0.15, 0.2) is 0 Å². The predicted octanol–water partition coefficient (Wildman–Crippen LogP) is -1.25. The lowest BCUT2D eigenvalue weighted by Gasteiger charge is -2.17. The number of carbonyl (C=O) groups is 4. The Morgan fingerprint density at radius 2 is 1.74 bits per heavy atom. The van der Waals surface area contributed by atoms with Crippen LogP contribution in [0.4, 0.5) is 4.79 Å². The molecule has 3 amide bonds.